The first-order chi connectivity index (χ1) is 8.60. The van der Waals surface area contributed by atoms with Crippen LogP contribution in [0.25, 0.3) is 0 Å². The van der Waals surface area contributed by atoms with Crippen molar-refractivity contribution < 1.29 is 4.74 Å². The third-order valence-corrected chi connectivity index (χ3v) is 3.54. The molecule has 0 spiro atoms. The highest BCUT2D eigenvalue weighted by Gasteiger charge is 2.06. The monoisotopic (exact) mass is 321 g/mol. The minimum absolute atomic E-state index is 0.420. The molecule has 0 N–H and O–H groups in total. The molecule has 0 fully saturated rings. The van der Waals surface area contributed by atoms with Crippen molar-refractivity contribution in [2.75, 3.05) is 0 Å². The minimum Gasteiger partial charge on any atom is -0.456 e. The Morgan fingerprint density at radius 1 is 1.22 bits per heavy atom. The van der Waals surface area contributed by atoms with Gasteiger partial charge in [-0.1, -0.05) is 27.5 Å². The van der Waals surface area contributed by atoms with Gasteiger partial charge < -0.3 is 4.74 Å². The molecular weight excluding hydrogens is 314 g/mol. The molecule has 0 heterocycles. The third-order valence-electron chi connectivity index (χ3n) is 2.42. The molecule has 0 unspecified atom stereocenters. The van der Waals surface area contributed by atoms with Gasteiger partial charge >= 0.3 is 0 Å². The normalized spacial score (nSPS) is 9.89. The van der Waals surface area contributed by atoms with Crippen LogP contribution < -0.4 is 4.74 Å². The molecule has 2 aromatic rings. The predicted octanol–water partition coefficient (Wildman–Crippen LogP) is 5.07. The molecule has 0 aromatic heterocycles. The number of benzene rings is 2. The summed E-state index contributed by atoms with van der Waals surface area (Å²) in [7, 11) is 0. The van der Waals surface area contributed by atoms with Crippen molar-refractivity contribution in [3.8, 4) is 17.6 Å². The van der Waals surface area contributed by atoms with E-state index < -0.39 is 0 Å². The average Bonchev–Trinajstić information content (AvgIpc) is 2.36. The lowest BCUT2D eigenvalue weighted by molar-refractivity contribution is 0.480. The fourth-order valence-electron chi connectivity index (χ4n) is 1.49. The van der Waals surface area contributed by atoms with E-state index in [4.69, 9.17) is 21.6 Å². The van der Waals surface area contributed by atoms with Crippen LogP contribution >= 0.6 is 27.5 Å². The van der Waals surface area contributed by atoms with Gasteiger partial charge in [-0.25, -0.2) is 0 Å². The molecule has 0 aliphatic carbocycles. The lowest BCUT2D eigenvalue weighted by Crippen LogP contribution is -1.89. The second-order valence-electron chi connectivity index (χ2n) is 3.77. The summed E-state index contributed by atoms with van der Waals surface area (Å²) >= 11 is 9.26. The zero-order valence-electron chi connectivity index (χ0n) is 9.58. The molecule has 0 radical (unpaired) electrons. The van der Waals surface area contributed by atoms with Gasteiger partial charge in [-0.3, -0.25) is 0 Å². The van der Waals surface area contributed by atoms with Crippen molar-refractivity contribution in [1.29, 1.82) is 5.26 Å². The van der Waals surface area contributed by atoms with Crippen LogP contribution in [0.1, 0.15) is 11.1 Å². The molecule has 18 heavy (non-hydrogen) atoms. The summed E-state index contributed by atoms with van der Waals surface area (Å²) in [6.45, 7) is 1.98. The van der Waals surface area contributed by atoms with Crippen LogP contribution in [0.3, 0.4) is 0 Å². The molecule has 0 amide bonds. The quantitative estimate of drug-likeness (QED) is 0.773. The Morgan fingerprint density at radius 3 is 2.67 bits per heavy atom. The average molecular weight is 323 g/mol. The molecule has 0 saturated carbocycles. The Kier molecular flexibility index (Phi) is 3.90. The lowest BCUT2D eigenvalue weighted by atomic mass is 10.2. The van der Waals surface area contributed by atoms with Gasteiger partial charge in [0, 0.05) is 9.50 Å². The summed E-state index contributed by atoms with van der Waals surface area (Å²) in [5.41, 5.74) is 1.49. The number of ether oxygens (including phenoxy) is 1. The predicted molar refractivity (Wildman–Crippen MR) is 75.1 cm³/mol. The summed E-state index contributed by atoms with van der Waals surface area (Å²) < 4.78 is 6.71. The van der Waals surface area contributed by atoms with E-state index in [2.05, 4.69) is 22.0 Å². The van der Waals surface area contributed by atoms with E-state index in [1.54, 1.807) is 18.2 Å². The van der Waals surface area contributed by atoms with E-state index in [0.717, 1.165) is 10.0 Å². The zero-order chi connectivity index (χ0) is 13.1. The first-order valence-electron chi connectivity index (χ1n) is 5.24. The van der Waals surface area contributed by atoms with Gasteiger partial charge in [-0.05, 0) is 48.9 Å². The van der Waals surface area contributed by atoms with E-state index in [-0.39, 0.29) is 0 Å². The van der Waals surface area contributed by atoms with Gasteiger partial charge in [0.15, 0.2) is 0 Å². The Labute approximate surface area is 119 Å². The molecule has 0 bridgehead atoms. The maximum atomic E-state index is 9.02. The van der Waals surface area contributed by atoms with E-state index in [9.17, 15) is 0 Å². The van der Waals surface area contributed by atoms with Gasteiger partial charge in [0.2, 0.25) is 0 Å². The Morgan fingerprint density at radius 2 is 2.00 bits per heavy atom. The lowest BCUT2D eigenvalue weighted by Gasteiger charge is -2.09. The SMILES string of the molecule is Cc1cc(Oc2ccc(Cl)cc2C#N)ccc1Br. The second-order valence-corrected chi connectivity index (χ2v) is 5.06. The van der Waals surface area contributed by atoms with Gasteiger partial charge in [-0.2, -0.15) is 5.26 Å². The van der Waals surface area contributed by atoms with Crippen LogP contribution in [0.5, 0.6) is 11.5 Å². The van der Waals surface area contributed by atoms with E-state index in [1.165, 1.54) is 0 Å². The Balaban J connectivity index is 2.34. The van der Waals surface area contributed by atoms with E-state index in [1.807, 2.05) is 25.1 Å². The van der Waals surface area contributed by atoms with Crippen LogP contribution in [0, 0.1) is 18.3 Å². The smallest absolute Gasteiger partial charge is 0.145 e. The second kappa shape index (κ2) is 5.43. The van der Waals surface area contributed by atoms with Crippen molar-refractivity contribution in [2.45, 2.75) is 6.92 Å². The maximum Gasteiger partial charge on any atom is 0.145 e. The number of nitrogens with zero attached hydrogens (tertiary/aromatic N) is 1. The molecule has 4 heteroatoms. The van der Waals surface area contributed by atoms with Crippen molar-refractivity contribution >= 4 is 27.5 Å². The molecule has 2 rings (SSSR count). The minimum atomic E-state index is 0.420. The van der Waals surface area contributed by atoms with Crippen molar-refractivity contribution in [3.63, 3.8) is 0 Å². The highest BCUT2D eigenvalue weighted by molar-refractivity contribution is 9.10. The highest BCUT2D eigenvalue weighted by Crippen LogP contribution is 2.29. The summed E-state index contributed by atoms with van der Waals surface area (Å²) in [6, 6.07) is 12.7. The van der Waals surface area contributed by atoms with Gasteiger partial charge in [0.25, 0.3) is 0 Å². The number of hydrogen-bond donors (Lipinski definition) is 0. The molecule has 2 nitrogen and oxygen atoms in total. The number of nitriles is 1. The van der Waals surface area contributed by atoms with Crippen molar-refractivity contribution in [2.24, 2.45) is 0 Å². The van der Waals surface area contributed by atoms with Crippen LogP contribution in [-0.4, -0.2) is 0 Å². The van der Waals surface area contributed by atoms with Crippen LogP contribution in [0.4, 0.5) is 0 Å². The van der Waals surface area contributed by atoms with E-state index >= 15 is 0 Å². The topological polar surface area (TPSA) is 33.0 Å². The molecule has 0 atom stereocenters. The number of rotatable bonds is 2. The molecule has 90 valence electrons. The number of halogens is 2. The van der Waals surface area contributed by atoms with E-state index in [0.29, 0.717) is 22.1 Å². The molecule has 0 aliphatic heterocycles. The molecule has 0 aliphatic rings. The summed E-state index contributed by atoms with van der Waals surface area (Å²) in [6.07, 6.45) is 0. The van der Waals surface area contributed by atoms with Gasteiger partial charge in [0.1, 0.15) is 17.6 Å². The largest absolute Gasteiger partial charge is 0.456 e. The summed E-state index contributed by atoms with van der Waals surface area (Å²) in [4.78, 5) is 0. The Hall–Kier alpha value is -1.50. The first-order valence-corrected chi connectivity index (χ1v) is 6.41. The number of aryl methyl sites for hydroxylation is 1. The third kappa shape index (κ3) is 2.84. The number of hydrogen-bond acceptors (Lipinski definition) is 2. The molecular formula is C14H9BrClNO. The standard InChI is InChI=1S/C14H9BrClNO/c1-9-6-12(3-4-13(9)15)18-14-5-2-11(16)7-10(14)8-17/h2-7H,1H3. The first kappa shape index (κ1) is 12.9. The van der Waals surface area contributed by atoms with Crippen LogP contribution in [0.2, 0.25) is 5.02 Å². The molecule has 0 saturated heterocycles. The summed E-state index contributed by atoms with van der Waals surface area (Å²) in [5.74, 6) is 1.19. The Bertz CT molecular complexity index is 634. The molecule has 2 aromatic carbocycles. The maximum absolute atomic E-state index is 9.02. The summed E-state index contributed by atoms with van der Waals surface area (Å²) in [5, 5.41) is 9.54. The highest BCUT2D eigenvalue weighted by atomic mass is 79.9. The van der Waals surface area contributed by atoms with Crippen molar-refractivity contribution in [3.05, 3.63) is 57.0 Å². The van der Waals surface area contributed by atoms with Gasteiger partial charge in [-0.15, -0.1) is 0 Å². The zero-order valence-corrected chi connectivity index (χ0v) is 11.9. The van der Waals surface area contributed by atoms with Crippen LogP contribution in [-0.2, 0) is 0 Å². The fraction of sp³-hybridized carbons (Fsp3) is 0.0714. The van der Waals surface area contributed by atoms with Crippen molar-refractivity contribution in [1.82, 2.24) is 0 Å². The van der Waals surface area contributed by atoms with Crippen LogP contribution in [0.15, 0.2) is 40.9 Å². The fourth-order valence-corrected chi connectivity index (χ4v) is 1.90. The van der Waals surface area contributed by atoms with Gasteiger partial charge in [0.05, 0.1) is 5.56 Å².